The second-order valence-electron chi connectivity index (χ2n) is 1.23. The molecule has 2 nitrogen and oxygen atoms in total. The summed E-state index contributed by atoms with van der Waals surface area (Å²) in [6.07, 6.45) is 3.23. The van der Waals surface area contributed by atoms with Gasteiger partial charge in [-0.1, -0.05) is 18.7 Å². The van der Waals surface area contributed by atoms with Crippen LogP contribution in [0.15, 0.2) is 22.1 Å². The van der Waals surface area contributed by atoms with Crippen molar-refractivity contribution in [3.63, 3.8) is 0 Å². The maximum Gasteiger partial charge on any atom is 0.255 e. The van der Waals surface area contributed by atoms with Crippen LogP contribution in [0.3, 0.4) is 0 Å². The predicted molar refractivity (Wildman–Crippen MR) is 32.9 cm³/mol. The first-order chi connectivity index (χ1) is 3.93. The zero-order chi connectivity index (χ0) is 5.82. The molecule has 0 bridgehead atoms. The third-order valence-electron chi connectivity index (χ3n) is 0.677. The normalized spacial score (nSPS) is 9.62. The summed E-state index contributed by atoms with van der Waals surface area (Å²) in [6.45, 7) is 2.06. The molecule has 3 heteroatoms. The summed E-state index contributed by atoms with van der Waals surface area (Å²) in [7, 11) is 0. The zero-order valence-electron chi connectivity index (χ0n) is 4.63. The molecule has 44 valence electrons. The van der Waals surface area contributed by atoms with Crippen molar-refractivity contribution in [1.82, 2.24) is 4.98 Å². The molecule has 0 aliphatic heterocycles. The fourth-order valence-electron chi connectivity index (χ4n) is 0.405. The summed E-state index contributed by atoms with van der Waals surface area (Å²) in [5.41, 5.74) is 0. The van der Waals surface area contributed by atoms with E-state index in [1.165, 1.54) is 0 Å². The second-order valence-corrected chi connectivity index (χ2v) is 2.45. The summed E-state index contributed by atoms with van der Waals surface area (Å²) >= 11 is 1.60. The fourth-order valence-corrected chi connectivity index (χ4v) is 0.911. The predicted octanol–water partition coefficient (Wildman–Crippen LogP) is 1.79. The highest BCUT2D eigenvalue weighted by atomic mass is 32.2. The van der Waals surface area contributed by atoms with Crippen molar-refractivity contribution in [2.75, 3.05) is 5.75 Å². The fraction of sp³-hybridized carbons (Fsp3) is 0.400. The summed E-state index contributed by atoms with van der Waals surface area (Å²) in [4.78, 5) is 3.90. The van der Waals surface area contributed by atoms with Crippen LogP contribution in [0.25, 0.3) is 0 Å². The van der Waals surface area contributed by atoms with E-state index in [1.807, 2.05) is 0 Å². The van der Waals surface area contributed by atoms with E-state index in [-0.39, 0.29) is 0 Å². The average Bonchev–Trinajstić information content (AvgIpc) is 2.19. The molecule has 0 amide bonds. The minimum absolute atomic E-state index is 0.757. The summed E-state index contributed by atoms with van der Waals surface area (Å²) < 4.78 is 4.93. The second kappa shape index (κ2) is 2.77. The molecule has 1 heterocycles. The molecule has 0 aliphatic carbocycles. The van der Waals surface area contributed by atoms with Gasteiger partial charge in [0.15, 0.2) is 0 Å². The number of nitrogens with zero attached hydrogens (tertiary/aromatic N) is 1. The Morgan fingerprint density at radius 3 is 3.25 bits per heavy atom. The van der Waals surface area contributed by atoms with Crippen molar-refractivity contribution in [3.05, 3.63) is 12.5 Å². The van der Waals surface area contributed by atoms with Crippen molar-refractivity contribution < 1.29 is 4.42 Å². The van der Waals surface area contributed by atoms with Crippen molar-refractivity contribution in [2.45, 2.75) is 12.1 Å². The van der Waals surface area contributed by atoms with E-state index in [4.69, 9.17) is 4.42 Å². The minimum atomic E-state index is 0.757. The molecule has 8 heavy (non-hydrogen) atoms. The van der Waals surface area contributed by atoms with Crippen LogP contribution in [0.2, 0.25) is 0 Å². The van der Waals surface area contributed by atoms with Gasteiger partial charge in [0.2, 0.25) is 0 Å². The van der Waals surface area contributed by atoms with Crippen molar-refractivity contribution in [2.24, 2.45) is 0 Å². The standard InChI is InChI=1S/C5H7NOS/c1-2-8-5-6-3-4-7-5/h3-4H,2H2,1H3. The maximum absolute atomic E-state index is 4.93. The molecule has 0 unspecified atom stereocenters. The first-order valence-corrected chi connectivity index (χ1v) is 3.44. The third-order valence-corrected chi connectivity index (χ3v) is 1.41. The number of hydrogen-bond donors (Lipinski definition) is 0. The molecule has 0 N–H and O–H groups in total. The third kappa shape index (κ3) is 1.26. The van der Waals surface area contributed by atoms with Gasteiger partial charge in [-0.15, -0.1) is 0 Å². The van der Waals surface area contributed by atoms with Crippen LogP contribution in [0.5, 0.6) is 0 Å². The van der Waals surface area contributed by atoms with Crippen molar-refractivity contribution >= 4 is 11.8 Å². The van der Waals surface area contributed by atoms with Gasteiger partial charge in [0.05, 0.1) is 6.20 Å². The van der Waals surface area contributed by atoms with Crippen molar-refractivity contribution in [1.29, 1.82) is 0 Å². The summed E-state index contributed by atoms with van der Waals surface area (Å²) in [5.74, 6) is 1.01. The Morgan fingerprint density at radius 1 is 1.88 bits per heavy atom. The monoisotopic (exact) mass is 129 g/mol. The molecule has 1 aromatic rings. The Morgan fingerprint density at radius 2 is 2.75 bits per heavy atom. The van der Waals surface area contributed by atoms with Crippen molar-refractivity contribution in [3.8, 4) is 0 Å². The Kier molecular flexibility index (Phi) is 1.97. The summed E-state index contributed by atoms with van der Waals surface area (Å²) in [5, 5.41) is 0.757. The van der Waals surface area contributed by atoms with Crippen LogP contribution in [0.1, 0.15) is 6.92 Å². The van der Waals surface area contributed by atoms with Gasteiger partial charge in [-0.3, -0.25) is 0 Å². The number of hydrogen-bond acceptors (Lipinski definition) is 3. The van der Waals surface area contributed by atoms with E-state index < -0.39 is 0 Å². The van der Waals surface area contributed by atoms with Gasteiger partial charge >= 0.3 is 0 Å². The average molecular weight is 129 g/mol. The maximum atomic E-state index is 4.93. The van der Waals surface area contributed by atoms with Crippen LogP contribution in [-0.2, 0) is 0 Å². The first kappa shape index (κ1) is 5.69. The smallest absolute Gasteiger partial charge is 0.255 e. The van der Waals surface area contributed by atoms with E-state index in [1.54, 1.807) is 24.2 Å². The van der Waals surface area contributed by atoms with Gasteiger partial charge < -0.3 is 4.42 Å². The van der Waals surface area contributed by atoms with Crippen LogP contribution in [0.4, 0.5) is 0 Å². The molecule has 0 aliphatic rings. The highest BCUT2D eigenvalue weighted by molar-refractivity contribution is 7.99. The highest BCUT2D eigenvalue weighted by Gasteiger charge is 1.91. The molecule has 0 fully saturated rings. The topological polar surface area (TPSA) is 26.0 Å². The Balaban J connectivity index is 2.50. The van der Waals surface area contributed by atoms with Gasteiger partial charge in [0.1, 0.15) is 6.26 Å². The Labute approximate surface area is 52.3 Å². The molecule has 0 atom stereocenters. The first-order valence-electron chi connectivity index (χ1n) is 2.45. The number of rotatable bonds is 2. The molecular weight excluding hydrogens is 122 g/mol. The number of thioether (sulfide) groups is 1. The molecule has 0 radical (unpaired) electrons. The summed E-state index contributed by atoms with van der Waals surface area (Å²) in [6, 6.07) is 0. The molecule has 1 aromatic heterocycles. The number of aromatic nitrogens is 1. The van der Waals surface area contributed by atoms with E-state index >= 15 is 0 Å². The molecule has 0 aromatic carbocycles. The van der Waals surface area contributed by atoms with E-state index in [0.717, 1.165) is 11.0 Å². The largest absolute Gasteiger partial charge is 0.440 e. The van der Waals surface area contributed by atoms with Gasteiger partial charge in [0, 0.05) is 0 Å². The molecule has 0 saturated carbocycles. The quantitative estimate of drug-likeness (QED) is 0.569. The lowest BCUT2D eigenvalue weighted by atomic mass is 11.0. The van der Waals surface area contributed by atoms with E-state index in [2.05, 4.69) is 11.9 Å². The van der Waals surface area contributed by atoms with E-state index in [9.17, 15) is 0 Å². The van der Waals surface area contributed by atoms with E-state index in [0.29, 0.717) is 0 Å². The minimum Gasteiger partial charge on any atom is -0.440 e. The molecule has 1 rings (SSSR count). The molecule has 0 saturated heterocycles. The van der Waals surface area contributed by atoms with Crippen LogP contribution in [0, 0.1) is 0 Å². The van der Waals surface area contributed by atoms with Gasteiger partial charge in [-0.2, -0.15) is 0 Å². The zero-order valence-corrected chi connectivity index (χ0v) is 5.44. The van der Waals surface area contributed by atoms with Gasteiger partial charge in [-0.25, -0.2) is 4.98 Å². The van der Waals surface area contributed by atoms with Gasteiger partial charge in [0.25, 0.3) is 5.22 Å². The Bertz CT molecular complexity index is 138. The lowest BCUT2D eigenvalue weighted by molar-refractivity contribution is 0.454. The Hall–Kier alpha value is -0.440. The molecular formula is C5H7NOS. The van der Waals surface area contributed by atoms with Crippen LogP contribution in [-0.4, -0.2) is 10.7 Å². The SMILES string of the molecule is CCSc1ncco1. The number of oxazole rings is 1. The lowest BCUT2D eigenvalue weighted by Crippen LogP contribution is -1.67. The lowest BCUT2D eigenvalue weighted by Gasteiger charge is -1.83. The highest BCUT2D eigenvalue weighted by Crippen LogP contribution is 2.12. The van der Waals surface area contributed by atoms with Crippen LogP contribution < -0.4 is 0 Å². The molecule has 0 spiro atoms. The van der Waals surface area contributed by atoms with Gasteiger partial charge in [-0.05, 0) is 5.75 Å². The van der Waals surface area contributed by atoms with Crippen LogP contribution >= 0.6 is 11.8 Å².